The van der Waals surface area contributed by atoms with Crippen LogP contribution in [0.2, 0.25) is 0 Å². The van der Waals surface area contributed by atoms with Crippen molar-refractivity contribution in [1.82, 2.24) is 20.3 Å². The highest BCUT2D eigenvalue weighted by atomic mass is 16.5. The monoisotopic (exact) mass is 590 g/mol. The van der Waals surface area contributed by atoms with Gasteiger partial charge in [0, 0.05) is 31.9 Å². The Balaban J connectivity index is 1.28. The molecule has 6 N–H and O–H groups in total. The van der Waals surface area contributed by atoms with Crippen LogP contribution in [0.5, 0.6) is 0 Å². The third-order valence-corrected chi connectivity index (χ3v) is 7.23. The smallest absolute Gasteiger partial charge is 0.233 e. The van der Waals surface area contributed by atoms with Crippen molar-refractivity contribution >= 4 is 29.4 Å². The Morgan fingerprint density at radius 2 is 1.47 bits per heavy atom. The fourth-order valence-electron chi connectivity index (χ4n) is 4.93. The summed E-state index contributed by atoms with van der Waals surface area (Å²) in [5, 5.41) is 13.0. The molecule has 2 aromatic carbocycles. The minimum absolute atomic E-state index is 0.0546. The minimum atomic E-state index is -0.0546. The predicted molar refractivity (Wildman–Crippen MR) is 171 cm³/mol. The quantitative estimate of drug-likeness (QED) is 0.130. The van der Waals surface area contributed by atoms with Crippen molar-refractivity contribution in [2.24, 2.45) is 11.7 Å². The van der Waals surface area contributed by atoms with Gasteiger partial charge in [0.25, 0.3) is 0 Å². The number of carbonyl (C=O) groups excluding carboxylic acids is 1. The van der Waals surface area contributed by atoms with Crippen LogP contribution in [0.25, 0.3) is 0 Å². The molecule has 1 heterocycles. The van der Waals surface area contributed by atoms with E-state index in [4.69, 9.17) is 15.2 Å². The molecule has 1 amide bonds. The predicted octanol–water partition coefficient (Wildman–Crippen LogP) is 3.91. The first-order valence-corrected chi connectivity index (χ1v) is 15.4. The van der Waals surface area contributed by atoms with E-state index >= 15 is 0 Å². The molecule has 3 aromatic rings. The van der Waals surface area contributed by atoms with Crippen LogP contribution >= 0.6 is 0 Å². The first kappa shape index (κ1) is 32.1. The number of anilines is 4. The van der Waals surface area contributed by atoms with Gasteiger partial charge in [-0.15, -0.1) is 0 Å². The van der Waals surface area contributed by atoms with E-state index in [1.54, 1.807) is 0 Å². The fraction of sp³-hybridized carbons (Fsp3) is 0.500. The molecule has 0 saturated heterocycles. The molecule has 0 radical (unpaired) electrons. The number of nitrogens with two attached hydrogens (primary N) is 1. The standard InChI is InChI=1S/C32H46N8O3/c33-16-19-42-21-22-43-20-18-34-29(41)23-26-11-13-28(14-12-26)37-32-39-30(35-17-15-25-7-3-1-4-8-25)38-31(40-32)36-24-27-9-5-2-6-10-27/h1,3-4,7-8,11-14,27H,2,5-6,9-10,15-24,33H2,(H,34,41)(H3,35,36,37,38,39,40). The van der Waals surface area contributed by atoms with Gasteiger partial charge in [-0.2, -0.15) is 15.0 Å². The zero-order chi connectivity index (χ0) is 30.0. The Labute approximate surface area is 254 Å². The summed E-state index contributed by atoms with van der Waals surface area (Å²) in [6.07, 6.45) is 7.56. The van der Waals surface area contributed by atoms with E-state index in [0.29, 0.717) is 69.8 Å². The molecule has 0 bridgehead atoms. The normalized spacial score (nSPS) is 13.4. The van der Waals surface area contributed by atoms with Crippen LogP contribution in [0.3, 0.4) is 0 Å². The molecule has 1 fully saturated rings. The maximum Gasteiger partial charge on any atom is 0.233 e. The van der Waals surface area contributed by atoms with Gasteiger partial charge >= 0.3 is 0 Å². The highest BCUT2D eigenvalue weighted by Crippen LogP contribution is 2.24. The number of rotatable bonds is 19. The number of hydrogen-bond acceptors (Lipinski definition) is 10. The molecule has 1 aliphatic carbocycles. The van der Waals surface area contributed by atoms with Crippen LogP contribution in [-0.2, 0) is 27.1 Å². The molecule has 0 spiro atoms. The topological polar surface area (TPSA) is 148 Å². The molecule has 0 atom stereocenters. The van der Waals surface area contributed by atoms with Gasteiger partial charge in [-0.3, -0.25) is 4.79 Å². The van der Waals surface area contributed by atoms with E-state index in [9.17, 15) is 4.79 Å². The maximum absolute atomic E-state index is 12.3. The summed E-state index contributed by atoms with van der Waals surface area (Å²) in [6.45, 7) is 4.46. The van der Waals surface area contributed by atoms with Crippen LogP contribution in [0.1, 0.15) is 43.2 Å². The Kier molecular flexibility index (Phi) is 14.0. The van der Waals surface area contributed by atoms with E-state index in [0.717, 1.165) is 24.2 Å². The molecule has 0 unspecified atom stereocenters. The van der Waals surface area contributed by atoms with Gasteiger partial charge in [0.05, 0.1) is 32.8 Å². The number of nitrogens with one attached hydrogen (secondary N) is 4. The molecule has 1 saturated carbocycles. The maximum atomic E-state index is 12.3. The van der Waals surface area contributed by atoms with Gasteiger partial charge in [-0.1, -0.05) is 61.7 Å². The highest BCUT2D eigenvalue weighted by molar-refractivity contribution is 5.78. The summed E-state index contributed by atoms with van der Waals surface area (Å²) in [5.74, 6) is 2.14. The molecule has 43 heavy (non-hydrogen) atoms. The Bertz CT molecular complexity index is 1210. The Morgan fingerprint density at radius 1 is 0.767 bits per heavy atom. The largest absolute Gasteiger partial charge is 0.378 e. The van der Waals surface area contributed by atoms with Crippen LogP contribution in [0.4, 0.5) is 23.5 Å². The van der Waals surface area contributed by atoms with Crippen molar-refractivity contribution in [2.75, 3.05) is 68.6 Å². The molecule has 1 aromatic heterocycles. The summed E-state index contributed by atoms with van der Waals surface area (Å²) in [7, 11) is 0. The molecular weight excluding hydrogens is 544 g/mol. The van der Waals surface area contributed by atoms with Crippen molar-refractivity contribution in [3.8, 4) is 0 Å². The average molecular weight is 591 g/mol. The van der Waals surface area contributed by atoms with Crippen LogP contribution in [-0.4, -0.2) is 73.5 Å². The second kappa shape index (κ2) is 18.7. The number of carbonyl (C=O) groups is 1. The van der Waals surface area contributed by atoms with Crippen molar-refractivity contribution in [3.05, 3.63) is 65.7 Å². The van der Waals surface area contributed by atoms with Crippen LogP contribution in [0, 0.1) is 5.92 Å². The van der Waals surface area contributed by atoms with Crippen molar-refractivity contribution < 1.29 is 14.3 Å². The molecule has 1 aliphatic rings. The molecule has 11 nitrogen and oxygen atoms in total. The van der Waals surface area contributed by atoms with Crippen molar-refractivity contribution in [1.29, 1.82) is 0 Å². The molecule has 232 valence electrons. The lowest BCUT2D eigenvalue weighted by atomic mass is 9.89. The highest BCUT2D eigenvalue weighted by Gasteiger charge is 2.15. The van der Waals surface area contributed by atoms with E-state index < -0.39 is 0 Å². The SMILES string of the molecule is NCCOCCOCCNC(=O)Cc1ccc(Nc2nc(NCCc3ccccc3)nc(NCC3CCCCC3)n2)cc1. The number of hydrogen-bond donors (Lipinski definition) is 5. The van der Waals surface area contributed by atoms with Gasteiger partial charge in [-0.25, -0.2) is 0 Å². The van der Waals surface area contributed by atoms with E-state index in [-0.39, 0.29) is 12.3 Å². The lowest BCUT2D eigenvalue weighted by molar-refractivity contribution is -0.120. The van der Waals surface area contributed by atoms with Gasteiger partial charge in [0.15, 0.2) is 0 Å². The number of ether oxygens (including phenoxy) is 2. The summed E-state index contributed by atoms with van der Waals surface area (Å²) in [6, 6.07) is 18.0. The minimum Gasteiger partial charge on any atom is -0.378 e. The molecular formula is C32H46N8O3. The Hall–Kier alpha value is -3.80. The van der Waals surface area contributed by atoms with Crippen LogP contribution in [0.15, 0.2) is 54.6 Å². The summed E-state index contributed by atoms with van der Waals surface area (Å²) in [4.78, 5) is 26.2. The molecule has 11 heteroatoms. The lowest BCUT2D eigenvalue weighted by Crippen LogP contribution is -2.29. The van der Waals surface area contributed by atoms with Crippen molar-refractivity contribution in [2.45, 2.75) is 44.9 Å². The first-order valence-electron chi connectivity index (χ1n) is 15.4. The van der Waals surface area contributed by atoms with Crippen molar-refractivity contribution in [3.63, 3.8) is 0 Å². The summed E-state index contributed by atoms with van der Waals surface area (Å²) in [5.41, 5.74) is 8.37. The third kappa shape index (κ3) is 12.5. The number of amides is 1. The fourth-order valence-corrected chi connectivity index (χ4v) is 4.93. The van der Waals surface area contributed by atoms with E-state index in [2.05, 4.69) is 48.4 Å². The molecule has 0 aliphatic heterocycles. The third-order valence-electron chi connectivity index (χ3n) is 7.23. The Morgan fingerprint density at radius 3 is 2.21 bits per heavy atom. The zero-order valence-corrected chi connectivity index (χ0v) is 25.0. The summed E-state index contributed by atoms with van der Waals surface area (Å²) < 4.78 is 10.7. The number of benzene rings is 2. The number of nitrogens with zero attached hydrogens (tertiary/aromatic N) is 3. The van der Waals surface area contributed by atoms with Gasteiger partial charge in [-0.05, 0) is 48.4 Å². The average Bonchev–Trinajstić information content (AvgIpc) is 3.03. The lowest BCUT2D eigenvalue weighted by Gasteiger charge is -2.21. The van der Waals surface area contributed by atoms with E-state index in [1.165, 1.54) is 37.7 Å². The van der Waals surface area contributed by atoms with Gasteiger partial charge in [0.2, 0.25) is 23.8 Å². The number of aromatic nitrogens is 3. The second-order valence-electron chi connectivity index (χ2n) is 10.7. The first-order chi connectivity index (χ1) is 21.2. The van der Waals surface area contributed by atoms with Gasteiger partial charge in [0.1, 0.15) is 0 Å². The second-order valence-corrected chi connectivity index (χ2v) is 10.7. The summed E-state index contributed by atoms with van der Waals surface area (Å²) >= 11 is 0. The zero-order valence-electron chi connectivity index (χ0n) is 25.0. The van der Waals surface area contributed by atoms with Crippen LogP contribution < -0.4 is 27.0 Å². The van der Waals surface area contributed by atoms with Gasteiger partial charge < -0.3 is 36.5 Å². The van der Waals surface area contributed by atoms with E-state index in [1.807, 2.05) is 42.5 Å². The molecule has 4 rings (SSSR count).